The zero-order valence-corrected chi connectivity index (χ0v) is 7.56. The molecule has 1 rings (SSSR count). The number of hydrogen-bond acceptors (Lipinski definition) is 5. The van der Waals surface area contributed by atoms with Crippen molar-refractivity contribution in [1.29, 1.82) is 0 Å². The largest absolute Gasteiger partial charge is 0.393 e. The Morgan fingerprint density at radius 3 is 2.50 bits per heavy atom. The van der Waals surface area contributed by atoms with Gasteiger partial charge in [-0.3, -0.25) is 0 Å². The zero-order valence-electron chi connectivity index (χ0n) is 6.74. The molecule has 0 atom stereocenters. The molecule has 0 unspecified atom stereocenters. The molecule has 5 nitrogen and oxygen atoms in total. The van der Waals surface area contributed by atoms with Crippen LogP contribution in [-0.2, 0) is 6.54 Å². The predicted octanol–water partition coefficient (Wildman–Crippen LogP) is 0.379. The zero-order chi connectivity index (χ0) is 9.30. The van der Waals surface area contributed by atoms with Crippen LogP contribution in [0.1, 0.15) is 6.92 Å². The maximum atomic E-state index is 5.65. The first-order valence-electron chi connectivity index (χ1n) is 3.49. The summed E-state index contributed by atoms with van der Waals surface area (Å²) in [5.41, 5.74) is 16.9. The van der Waals surface area contributed by atoms with Crippen molar-refractivity contribution in [3.63, 3.8) is 0 Å². The second-order valence-corrected chi connectivity index (χ2v) is 2.69. The van der Waals surface area contributed by atoms with Gasteiger partial charge in [0.05, 0.1) is 0 Å². The Bertz CT molecular complexity index is 356. The van der Waals surface area contributed by atoms with Crippen molar-refractivity contribution >= 4 is 29.5 Å². The van der Waals surface area contributed by atoms with Gasteiger partial charge in [-0.15, -0.1) is 0 Å². The molecule has 0 amide bonds. The molecule has 1 aromatic rings. The van der Waals surface area contributed by atoms with E-state index >= 15 is 0 Å². The third kappa shape index (κ3) is 1.20. The van der Waals surface area contributed by atoms with Gasteiger partial charge in [0.1, 0.15) is 11.5 Å². The van der Waals surface area contributed by atoms with Crippen LogP contribution in [0.3, 0.4) is 0 Å². The van der Waals surface area contributed by atoms with Gasteiger partial charge in [0.2, 0.25) is 4.77 Å². The number of nitrogens with zero attached hydrogens (tertiary/aromatic N) is 2. The van der Waals surface area contributed by atoms with Crippen molar-refractivity contribution in [2.45, 2.75) is 13.5 Å². The van der Waals surface area contributed by atoms with Gasteiger partial charge in [0.15, 0.2) is 5.82 Å². The van der Waals surface area contributed by atoms with Crippen molar-refractivity contribution in [2.24, 2.45) is 0 Å². The lowest BCUT2D eigenvalue weighted by molar-refractivity contribution is 0.736. The molecule has 12 heavy (non-hydrogen) atoms. The van der Waals surface area contributed by atoms with Crippen LogP contribution in [0.4, 0.5) is 17.3 Å². The van der Waals surface area contributed by atoms with Crippen molar-refractivity contribution in [1.82, 2.24) is 9.55 Å². The molecular formula is C6H11N5S. The number of aromatic nitrogens is 2. The molecule has 66 valence electrons. The molecule has 1 heterocycles. The molecular weight excluding hydrogens is 174 g/mol. The molecule has 0 fully saturated rings. The highest BCUT2D eigenvalue weighted by Gasteiger charge is 2.05. The monoisotopic (exact) mass is 185 g/mol. The summed E-state index contributed by atoms with van der Waals surface area (Å²) in [5, 5.41) is 0. The third-order valence-electron chi connectivity index (χ3n) is 1.61. The molecule has 0 aliphatic carbocycles. The molecule has 0 saturated carbocycles. The first-order chi connectivity index (χ1) is 5.57. The van der Waals surface area contributed by atoms with E-state index in [1.807, 2.05) is 6.92 Å². The van der Waals surface area contributed by atoms with Gasteiger partial charge >= 0.3 is 0 Å². The lowest BCUT2D eigenvalue weighted by atomic mass is 10.4. The molecule has 0 aliphatic heterocycles. The maximum Gasteiger partial charge on any atom is 0.203 e. The summed E-state index contributed by atoms with van der Waals surface area (Å²) in [5.74, 6) is 0.581. The number of anilines is 3. The van der Waals surface area contributed by atoms with E-state index in [0.29, 0.717) is 22.8 Å². The van der Waals surface area contributed by atoms with Crippen molar-refractivity contribution in [3.8, 4) is 0 Å². The Morgan fingerprint density at radius 2 is 2.00 bits per heavy atom. The quantitative estimate of drug-likeness (QED) is 0.550. The Labute approximate surface area is 75.2 Å². The predicted molar refractivity (Wildman–Crippen MR) is 52.0 cm³/mol. The van der Waals surface area contributed by atoms with E-state index in [4.69, 9.17) is 29.4 Å². The molecule has 0 radical (unpaired) electrons. The smallest absolute Gasteiger partial charge is 0.203 e. The Morgan fingerprint density at radius 1 is 1.42 bits per heavy atom. The van der Waals surface area contributed by atoms with Crippen molar-refractivity contribution in [3.05, 3.63) is 4.77 Å². The van der Waals surface area contributed by atoms with Gasteiger partial charge in [0.25, 0.3) is 0 Å². The molecule has 1 aromatic heterocycles. The summed E-state index contributed by atoms with van der Waals surface area (Å²) in [4.78, 5) is 3.86. The summed E-state index contributed by atoms with van der Waals surface area (Å²) in [7, 11) is 0. The third-order valence-corrected chi connectivity index (χ3v) is 1.92. The van der Waals surface area contributed by atoms with Gasteiger partial charge < -0.3 is 21.8 Å². The van der Waals surface area contributed by atoms with E-state index < -0.39 is 0 Å². The van der Waals surface area contributed by atoms with Crippen LogP contribution in [0, 0.1) is 4.77 Å². The highest BCUT2D eigenvalue weighted by atomic mass is 32.1. The second-order valence-electron chi connectivity index (χ2n) is 2.32. The average Bonchev–Trinajstić information content (AvgIpc) is 2.01. The summed E-state index contributed by atoms with van der Waals surface area (Å²) in [6, 6.07) is 0. The van der Waals surface area contributed by atoms with Crippen LogP contribution in [0.2, 0.25) is 0 Å². The van der Waals surface area contributed by atoms with Gasteiger partial charge in [-0.25, -0.2) is 4.98 Å². The minimum absolute atomic E-state index is 0.196. The Balaban J connectivity index is 3.52. The molecule has 0 spiro atoms. The first kappa shape index (κ1) is 8.79. The van der Waals surface area contributed by atoms with E-state index in [1.165, 1.54) is 0 Å². The van der Waals surface area contributed by atoms with Crippen LogP contribution in [-0.4, -0.2) is 9.55 Å². The maximum absolute atomic E-state index is 5.65. The van der Waals surface area contributed by atoms with Crippen LogP contribution in [0.15, 0.2) is 0 Å². The first-order valence-corrected chi connectivity index (χ1v) is 3.90. The van der Waals surface area contributed by atoms with Gasteiger partial charge in [-0.2, -0.15) is 0 Å². The van der Waals surface area contributed by atoms with Crippen LogP contribution < -0.4 is 17.2 Å². The van der Waals surface area contributed by atoms with E-state index in [0.717, 1.165) is 0 Å². The fraction of sp³-hybridized carbons (Fsp3) is 0.333. The molecule has 0 aliphatic rings. The normalized spacial score (nSPS) is 10.1. The van der Waals surface area contributed by atoms with Gasteiger partial charge in [-0.1, -0.05) is 0 Å². The van der Waals surface area contributed by atoms with E-state index in [9.17, 15) is 0 Å². The van der Waals surface area contributed by atoms with Crippen LogP contribution >= 0.6 is 12.2 Å². The fourth-order valence-electron chi connectivity index (χ4n) is 0.909. The molecule has 0 saturated heterocycles. The molecule has 6 heteroatoms. The fourth-order valence-corrected chi connectivity index (χ4v) is 1.23. The van der Waals surface area contributed by atoms with Gasteiger partial charge in [0, 0.05) is 6.54 Å². The summed E-state index contributed by atoms with van der Waals surface area (Å²) < 4.78 is 1.99. The molecule has 0 bridgehead atoms. The van der Waals surface area contributed by atoms with E-state index in [1.54, 1.807) is 4.57 Å². The molecule has 0 aromatic carbocycles. The van der Waals surface area contributed by atoms with Crippen molar-refractivity contribution in [2.75, 3.05) is 17.2 Å². The Kier molecular flexibility index (Phi) is 2.18. The average molecular weight is 185 g/mol. The minimum Gasteiger partial charge on any atom is -0.393 e. The molecule has 6 N–H and O–H groups in total. The van der Waals surface area contributed by atoms with E-state index in [-0.39, 0.29) is 5.82 Å². The lowest BCUT2D eigenvalue weighted by Gasteiger charge is -2.10. The Hall–Kier alpha value is -1.30. The summed E-state index contributed by atoms with van der Waals surface area (Å²) >= 11 is 4.92. The highest BCUT2D eigenvalue weighted by molar-refractivity contribution is 7.71. The highest BCUT2D eigenvalue weighted by Crippen LogP contribution is 2.19. The van der Waals surface area contributed by atoms with Gasteiger partial charge in [-0.05, 0) is 19.1 Å². The van der Waals surface area contributed by atoms with E-state index in [2.05, 4.69) is 4.98 Å². The SMILES string of the molecule is CCn1c(N)c(N)c(N)nc1=S. The van der Waals surface area contributed by atoms with Crippen molar-refractivity contribution < 1.29 is 0 Å². The lowest BCUT2D eigenvalue weighted by Crippen LogP contribution is -2.13. The minimum atomic E-state index is 0.196. The van der Waals surface area contributed by atoms with Crippen LogP contribution in [0.25, 0.3) is 0 Å². The topological polar surface area (TPSA) is 95.9 Å². The number of nitrogens with two attached hydrogens (primary N) is 3. The number of nitrogen functional groups attached to an aromatic ring is 3. The number of rotatable bonds is 1. The second kappa shape index (κ2) is 2.98. The number of hydrogen-bond donors (Lipinski definition) is 3. The standard InChI is InChI=1S/C6H11N5S/c1-2-11-5(9)3(7)4(8)10-6(11)12/h2,7,9H2,1H3,(H2,8,10,12). The summed E-state index contributed by atoms with van der Waals surface area (Å²) in [6.07, 6.45) is 0. The van der Waals surface area contributed by atoms with Crippen LogP contribution in [0.5, 0.6) is 0 Å². The summed E-state index contributed by atoms with van der Waals surface area (Å²) in [6.45, 7) is 2.55.